The van der Waals surface area contributed by atoms with Gasteiger partial charge in [0.15, 0.2) is 0 Å². The van der Waals surface area contributed by atoms with Crippen molar-refractivity contribution in [3.8, 4) is 28.0 Å². The number of para-hydroxylation sites is 1. The van der Waals surface area contributed by atoms with E-state index in [9.17, 15) is 14.3 Å². The SMILES string of the molecule is CC(=O)Nc1ccc(-c2cccc(-c3ccc4c(c3)CCN4C)c2O)cc1F. The molecule has 0 atom stereocenters. The minimum Gasteiger partial charge on any atom is -0.507 e. The first-order valence-corrected chi connectivity index (χ1v) is 9.18. The fraction of sp³-hybridized carbons (Fsp3) is 0.174. The van der Waals surface area contributed by atoms with E-state index in [0.29, 0.717) is 16.7 Å². The van der Waals surface area contributed by atoms with Crippen LogP contribution in [0.5, 0.6) is 5.75 Å². The van der Waals surface area contributed by atoms with E-state index in [0.717, 1.165) is 18.5 Å². The smallest absolute Gasteiger partial charge is 0.221 e. The van der Waals surface area contributed by atoms with Crippen LogP contribution in [0, 0.1) is 5.82 Å². The van der Waals surface area contributed by atoms with Gasteiger partial charge in [-0.25, -0.2) is 4.39 Å². The van der Waals surface area contributed by atoms with E-state index in [1.165, 1.54) is 30.3 Å². The van der Waals surface area contributed by atoms with Crippen LogP contribution in [0.1, 0.15) is 12.5 Å². The first kappa shape index (κ1) is 18.0. The highest BCUT2D eigenvalue weighted by atomic mass is 19.1. The monoisotopic (exact) mass is 376 g/mol. The van der Waals surface area contributed by atoms with Gasteiger partial charge in [-0.15, -0.1) is 0 Å². The molecule has 0 unspecified atom stereocenters. The Morgan fingerprint density at radius 3 is 2.43 bits per heavy atom. The first-order chi connectivity index (χ1) is 13.4. The molecule has 28 heavy (non-hydrogen) atoms. The summed E-state index contributed by atoms with van der Waals surface area (Å²) in [6.07, 6.45) is 0.982. The molecule has 0 saturated heterocycles. The minimum absolute atomic E-state index is 0.112. The van der Waals surface area contributed by atoms with E-state index in [4.69, 9.17) is 0 Å². The van der Waals surface area contributed by atoms with E-state index in [-0.39, 0.29) is 17.3 Å². The number of aromatic hydroxyl groups is 1. The zero-order valence-electron chi connectivity index (χ0n) is 15.8. The molecular weight excluding hydrogens is 355 g/mol. The Labute approximate surface area is 163 Å². The molecule has 0 aliphatic carbocycles. The lowest BCUT2D eigenvalue weighted by molar-refractivity contribution is -0.114. The number of carbonyl (C=O) groups excluding carboxylic acids is 1. The Morgan fingerprint density at radius 2 is 1.75 bits per heavy atom. The van der Waals surface area contributed by atoms with E-state index in [1.54, 1.807) is 12.1 Å². The van der Waals surface area contributed by atoms with Gasteiger partial charge in [-0.3, -0.25) is 4.79 Å². The van der Waals surface area contributed by atoms with Crippen LogP contribution in [0.25, 0.3) is 22.3 Å². The number of amides is 1. The molecule has 0 saturated carbocycles. The second-order valence-corrected chi connectivity index (χ2v) is 7.09. The zero-order chi connectivity index (χ0) is 19.8. The third-order valence-corrected chi connectivity index (χ3v) is 5.15. The minimum atomic E-state index is -0.543. The molecule has 2 N–H and O–H groups in total. The van der Waals surface area contributed by atoms with Crippen molar-refractivity contribution in [2.24, 2.45) is 0 Å². The summed E-state index contributed by atoms with van der Waals surface area (Å²) in [5, 5.41) is 13.3. The van der Waals surface area contributed by atoms with Gasteiger partial charge in [-0.2, -0.15) is 0 Å². The summed E-state index contributed by atoms with van der Waals surface area (Å²) in [7, 11) is 2.07. The Bertz CT molecular complexity index is 1080. The second kappa shape index (κ2) is 7.00. The van der Waals surface area contributed by atoms with Gasteiger partial charge in [0.1, 0.15) is 11.6 Å². The topological polar surface area (TPSA) is 52.6 Å². The van der Waals surface area contributed by atoms with Gasteiger partial charge < -0.3 is 15.3 Å². The lowest BCUT2D eigenvalue weighted by Gasteiger charge is -2.14. The van der Waals surface area contributed by atoms with Crippen molar-refractivity contribution in [1.29, 1.82) is 0 Å². The predicted molar refractivity (Wildman–Crippen MR) is 110 cm³/mol. The van der Waals surface area contributed by atoms with Crippen molar-refractivity contribution in [2.75, 3.05) is 23.8 Å². The summed E-state index contributed by atoms with van der Waals surface area (Å²) in [5.74, 6) is -0.766. The Morgan fingerprint density at radius 1 is 1.07 bits per heavy atom. The van der Waals surface area contributed by atoms with Crippen molar-refractivity contribution >= 4 is 17.3 Å². The largest absolute Gasteiger partial charge is 0.507 e. The maximum Gasteiger partial charge on any atom is 0.221 e. The van der Waals surface area contributed by atoms with Gasteiger partial charge in [-0.05, 0) is 47.4 Å². The van der Waals surface area contributed by atoms with Gasteiger partial charge >= 0.3 is 0 Å². The number of fused-ring (bicyclic) bond motifs is 1. The van der Waals surface area contributed by atoms with E-state index in [1.807, 2.05) is 18.2 Å². The molecule has 142 valence electrons. The number of carbonyl (C=O) groups is 1. The molecular formula is C23H21FN2O2. The van der Waals surface area contributed by atoms with Crippen molar-refractivity contribution in [2.45, 2.75) is 13.3 Å². The average molecular weight is 376 g/mol. The number of benzene rings is 3. The highest BCUT2D eigenvalue weighted by molar-refractivity contribution is 5.90. The summed E-state index contributed by atoms with van der Waals surface area (Å²) < 4.78 is 14.3. The first-order valence-electron chi connectivity index (χ1n) is 9.18. The molecule has 0 bridgehead atoms. The Balaban J connectivity index is 1.74. The number of phenols is 1. The molecule has 0 aromatic heterocycles. The van der Waals surface area contributed by atoms with Crippen LogP contribution in [0.15, 0.2) is 54.6 Å². The molecule has 3 aromatic carbocycles. The van der Waals surface area contributed by atoms with Gasteiger partial charge in [0.25, 0.3) is 0 Å². The molecule has 0 radical (unpaired) electrons. The molecule has 1 amide bonds. The molecule has 5 heteroatoms. The maximum absolute atomic E-state index is 14.3. The number of hydrogen-bond acceptors (Lipinski definition) is 3. The van der Waals surface area contributed by atoms with Crippen LogP contribution in [-0.4, -0.2) is 24.6 Å². The van der Waals surface area contributed by atoms with Crippen molar-refractivity contribution < 1.29 is 14.3 Å². The van der Waals surface area contributed by atoms with Gasteiger partial charge in [0, 0.05) is 37.3 Å². The average Bonchev–Trinajstić information content (AvgIpc) is 3.04. The highest BCUT2D eigenvalue weighted by Gasteiger charge is 2.18. The molecule has 0 spiro atoms. The number of phenolic OH excluding ortho intramolecular Hbond substituents is 1. The number of likely N-dealkylation sites (N-methyl/N-ethyl adjacent to an activating group) is 1. The lowest BCUT2D eigenvalue weighted by atomic mass is 9.95. The van der Waals surface area contributed by atoms with Gasteiger partial charge in [0.05, 0.1) is 5.69 Å². The number of halogens is 1. The van der Waals surface area contributed by atoms with Crippen LogP contribution >= 0.6 is 0 Å². The zero-order valence-corrected chi connectivity index (χ0v) is 15.8. The standard InChI is InChI=1S/C23H21FN2O2/c1-14(27)25-21-8-6-16(13-20(21)24)19-5-3-4-18(23(19)28)15-7-9-22-17(12-15)10-11-26(22)2/h3-9,12-13,28H,10-11H2,1-2H3,(H,25,27). The van der Waals surface area contributed by atoms with Gasteiger partial charge in [0.2, 0.25) is 5.91 Å². The molecule has 3 aromatic rings. The van der Waals surface area contributed by atoms with Gasteiger partial charge in [-0.1, -0.05) is 30.3 Å². The summed E-state index contributed by atoms with van der Waals surface area (Å²) in [6, 6.07) is 16.2. The van der Waals surface area contributed by atoms with Crippen molar-refractivity contribution in [3.63, 3.8) is 0 Å². The number of rotatable bonds is 3. The lowest BCUT2D eigenvalue weighted by Crippen LogP contribution is -2.12. The van der Waals surface area contributed by atoms with Crippen LogP contribution in [0.3, 0.4) is 0 Å². The fourth-order valence-corrected chi connectivity index (χ4v) is 3.72. The quantitative estimate of drug-likeness (QED) is 0.689. The fourth-order valence-electron chi connectivity index (χ4n) is 3.72. The number of nitrogens with zero attached hydrogens (tertiary/aromatic N) is 1. The summed E-state index contributed by atoms with van der Waals surface area (Å²) in [6.45, 7) is 2.32. The van der Waals surface area contributed by atoms with Crippen LogP contribution < -0.4 is 10.2 Å². The third kappa shape index (κ3) is 3.20. The Hall–Kier alpha value is -3.34. The molecule has 4 nitrogen and oxygen atoms in total. The van der Waals surface area contributed by atoms with Crippen molar-refractivity contribution in [3.05, 3.63) is 66.0 Å². The second-order valence-electron chi connectivity index (χ2n) is 7.09. The predicted octanol–water partition coefficient (Wildman–Crippen LogP) is 4.82. The molecule has 1 heterocycles. The summed E-state index contributed by atoms with van der Waals surface area (Å²) >= 11 is 0. The van der Waals surface area contributed by atoms with E-state index >= 15 is 0 Å². The van der Waals surface area contributed by atoms with Crippen LogP contribution in [0.2, 0.25) is 0 Å². The van der Waals surface area contributed by atoms with Crippen molar-refractivity contribution in [1.82, 2.24) is 0 Å². The number of nitrogens with one attached hydrogen (secondary N) is 1. The van der Waals surface area contributed by atoms with E-state index < -0.39 is 5.82 Å². The summed E-state index contributed by atoms with van der Waals surface area (Å²) in [5.41, 5.74) is 5.33. The molecule has 1 aliphatic rings. The maximum atomic E-state index is 14.3. The Kier molecular flexibility index (Phi) is 4.51. The summed E-state index contributed by atoms with van der Waals surface area (Å²) in [4.78, 5) is 13.4. The molecule has 4 rings (SSSR count). The highest BCUT2D eigenvalue weighted by Crippen LogP contribution is 2.40. The number of hydrogen-bond donors (Lipinski definition) is 2. The molecule has 0 fully saturated rings. The van der Waals surface area contributed by atoms with E-state index in [2.05, 4.69) is 29.4 Å². The van der Waals surface area contributed by atoms with Crippen LogP contribution in [-0.2, 0) is 11.2 Å². The normalized spacial score (nSPS) is 12.8. The number of anilines is 2. The molecule has 1 aliphatic heterocycles. The third-order valence-electron chi connectivity index (χ3n) is 5.15. The van der Waals surface area contributed by atoms with Crippen LogP contribution in [0.4, 0.5) is 15.8 Å².